The number of carbonyl (C=O) groups excluding carboxylic acids is 1. The molecule has 0 spiro atoms. The number of hydrogen-bond acceptors (Lipinski definition) is 5. The summed E-state index contributed by atoms with van der Waals surface area (Å²) < 4.78 is 4.95. The number of ether oxygens (including phenoxy) is 1. The van der Waals surface area contributed by atoms with E-state index in [2.05, 4.69) is 29.0 Å². The first-order valence-corrected chi connectivity index (χ1v) is 7.42. The summed E-state index contributed by atoms with van der Waals surface area (Å²) in [7, 11) is 1.67. The Bertz CT molecular complexity index is 289. The summed E-state index contributed by atoms with van der Waals surface area (Å²) in [4.78, 5) is 16.4. The molecule has 0 aliphatic carbocycles. The Labute approximate surface area is 122 Å². The van der Waals surface area contributed by atoms with Crippen molar-refractivity contribution >= 4 is 5.91 Å². The molecule has 0 radical (unpaired) electrons. The van der Waals surface area contributed by atoms with Crippen molar-refractivity contribution in [1.29, 1.82) is 0 Å². The summed E-state index contributed by atoms with van der Waals surface area (Å²) >= 11 is 0. The number of nitrogens with zero attached hydrogens (tertiary/aromatic N) is 2. The second-order valence-electron chi connectivity index (χ2n) is 5.98. The summed E-state index contributed by atoms with van der Waals surface area (Å²) in [6.45, 7) is 10.7. The van der Waals surface area contributed by atoms with Gasteiger partial charge in [0.05, 0.1) is 6.54 Å². The summed E-state index contributed by atoms with van der Waals surface area (Å²) in [6, 6.07) is 0. The number of nitrogens with two attached hydrogens (primary N) is 1. The molecule has 0 unspecified atom stereocenters. The predicted octanol–water partition coefficient (Wildman–Crippen LogP) is -0.506. The highest BCUT2D eigenvalue weighted by atomic mass is 16.5. The molecular formula is C14H30N4O2. The number of carbonyl (C=O) groups is 1. The monoisotopic (exact) mass is 286 g/mol. The maximum Gasteiger partial charge on any atom is 0.234 e. The van der Waals surface area contributed by atoms with Crippen molar-refractivity contribution in [3.63, 3.8) is 0 Å². The molecule has 0 saturated carbocycles. The molecule has 1 rings (SSSR count). The summed E-state index contributed by atoms with van der Waals surface area (Å²) in [5, 5.41) is 2.92. The Morgan fingerprint density at radius 1 is 1.30 bits per heavy atom. The highest BCUT2D eigenvalue weighted by Gasteiger charge is 2.28. The topological polar surface area (TPSA) is 70.8 Å². The van der Waals surface area contributed by atoms with Gasteiger partial charge in [0.15, 0.2) is 0 Å². The van der Waals surface area contributed by atoms with Gasteiger partial charge in [0, 0.05) is 58.5 Å². The molecule has 20 heavy (non-hydrogen) atoms. The van der Waals surface area contributed by atoms with Crippen LogP contribution in [0.4, 0.5) is 0 Å². The van der Waals surface area contributed by atoms with Gasteiger partial charge < -0.3 is 15.8 Å². The first-order chi connectivity index (χ1) is 9.49. The van der Waals surface area contributed by atoms with Crippen LogP contribution in [-0.2, 0) is 9.53 Å². The van der Waals surface area contributed by atoms with E-state index >= 15 is 0 Å². The summed E-state index contributed by atoms with van der Waals surface area (Å²) in [5.41, 5.74) is 5.85. The minimum atomic E-state index is 0.0501. The van der Waals surface area contributed by atoms with Gasteiger partial charge in [0.2, 0.25) is 5.91 Å². The minimum Gasteiger partial charge on any atom is -0.385 e. The third kappa shape index (κ3) is 5.75. The zero-order valence-corrected chi connectivity index (χ0v) is 13.2. The van der Waals surface area contributed by atoms with Crippen molar-refractivity contribution in [1.82, 2.24) is 15.1 Å². The molecule has 1 saturated heterocycles. The first-order valence-electron chi connectivity index (χ1n) is 7.42. The number of amides is 1. The number of nitrogens with one attached hydrogen (secondary N) is 1. The molecule has 0 bridgehead atoms. The van der Waals surface area contributed by atoms with E-state index in [0.29, 0.717) is 26.2 Å². The van der Waals surface area contributed by atoms with Gasteiger partial charge in [0.25, 0.3) is 0 Å². The van der Waals surface area contributed by atoms with Crippen molar-refractivity contribution in [2.24, 2.45) is 5.73 Å². The molecule has 6 heteroatoms. The standard InChI is InChI=1S/C14H30N4O2/c1-14(2,12-15)18-8-6-17(7-9-18)11-13(19)16-5-4-10-20-3/h4-12,15H2,1-3H3,(H,16,19). The predicted molar refractivity (Wildman–Crippen MR) is 80.6 cm³/mol. The van der Waals surface area contributed by atoms with Gasteiger partial charge in [-0.2, -0.15) is 0 Å². The number of hydrogen-bond donors (Lipinski definition) is 2. The number of piperazine rings is 1. The number of rotatable bonds is 8. The third-order valence-electron chi connectivity index (χ3n) is 3.94. The molecule has 0 aromatic heterocycles. The van der Waals surface area contributed by atoms with Crippen LogP contribution < -0.4 is 11.1 Å². The van der Waals surface area contributed by atoms with Gasteiger partial charge >= 0.3 is 0 Å². The van der Waals surface area contributed by atoms with Crippen LogP contribution in [0.3, 0.4) is 0 Å². The first kappa shape index (κ1) is 17.4. The van der Waals surface area contributed by atoms with Crippen LogP contribution in [0.1, 0.15) is 20.3 Å². The lowest BCUT2D eigenvalue weighted by atomic mass is 10.0. The van der Waals surface area contributed by atoms with E-state index in [1.807, 2.05) is 0 Å². The van der Waals surface area contributed by atoms with Crippen molar-refractivity contribution in [3.05, 3.63) is 0 Å². The molecule has 0 aromatic rings. The van der Waals surface area contributed by atoms with E-state index < -0.39 is 0 Å². The van der Waals surface area contributed by atoms with Crippen molar-refractivity contribution in [2.45, 2.75) is 25.8 Å². The average molecular weight is 286 g/mol. The fraction of sp³-hybridized carbons (Fsp3) is 0.929. The van der Waals surface area contributed by atoms with Crippen LogP contribution in [0.5, 0.6) is 0 Å². The van der Waals surface area contributed by atoms with Gasteiger partial charge in [-0.1, -0.05) is 0 Å². The van der Waals surface area contributed by atoms with Crippen molar-refractivity contribution in [3.8, 4) is 0 Å². The van der Waals surface area contributed by atoms with Crippen LogP contribution in [0.25, 0.3) is 0 Å². The minimum absolute atomic E-state index is 0.0501. The smallest absolute Gasteiger partial charge is 0.234 e. The molecule has 3 N–H and O–H groups in total. The Morgan fingerprint density at radius 3 is 2.50 bits per heavy atom. The van der Waals surface area contributed by atoms with Crippen LogP contribution in [-0.4, -0.2) is 80.8 Å². The summed E-state index contributed by atoms with van der Waals surface area (Å²) in [6.07, 6.45) is 0.862. The van der Waals surface area contributed by atoms with Crippen LogP contribution in [0.2, 0.25) is 0 Å². The molecule has 0 aromatic carbocycles. The van der Waals surface area contributed by atoms with Crippen molar-refractivity contribution in [2.75, 3.05) is 59.5 Å². The molecular weight excluding hydrogens is 256 g/mol. The van der Waals surface area contributed by atoms with Crippen LogP contribution in [0.15, 0.2) is 0 Å². The lowest BCUT2D eigenvalue weighted by Gasteiger charge is -2.43. The lowest BCUT2D eigenvalue weighted by molar-refractivity contribution is -0.122. The van der Waals surface area contributed by atoms with Gasteiger partial charge in [-0.15, -0.1) is 0 Å². The second kappa shape index (κ2) is 8.56. The highest BCUT2D eigenvalue weighted by molar-refractivity contribution is 5.77. The molecule has 118 valence electrons. The van der Waals surface area contributed by atoms with E-state index in [9.17, 15) is 4.79 Å². The van der Waals surface area contributed by atoms with Gasteiger partial charge in [0.1, 0.15) is 0 Å². The van der Waals surface area contributed by atoms with E-state index in [0.717, 1.165) is 32.6 Å². The lowest BCUT2D eigenvalue weighted by Crippen LogP contribution is -2.58. The van der Waals surface area contributed by atoms with E-state index in [-0.39, 0.29) is 11.4 Å². The van der Waals surface area contributed by atoms with Gasteiger partial charge in [-0.25, -0.2) is 0 Å². The Morgan fingerprint density at radius 2 is 1.95 bits per heavy atom. The second-order valence-corrected chi connectivity index (χ2v) is 5.98. The number of methoxy groups -OCH3 is 1. The zero-order chi connectivity index (χ0) is 15.0. The van der Waals surface area contributed by atoms with Crippen molar-refractivity contribution < 1.29 is 9.53 Å². The fourth-order valence-electron chi connectivity index (χ4n) is 2.34. The normalized spacial score (nSPS) is 18.2. The van der Waals surface area contributed by atoms with E-state index in [1.165, 1.54) is 0 Å². The van der Waals surface area contributed by atoms with E-state index in [4.69, 9.17) is 10.5 Å². The largest absolute Gasteiger partial charge is 0.385 e. The van der Waals surface area contributed by atoms with E-state index in [1.54, 1.807) is 7.11 Å². The fourth-order valence-corrected chi connectivity index (χ4v) is 2.34. The maximum atomic E-state index is 11.8. The average Bonchev–Trinajstić information content (AvgIpc) is 2.44. The maximum absolute atomic E-state index is 11.8. The Hall–Kier alpha value is -0.690. The molecule has 1 amide bonds. The zero-order valence-electron chi connectivity index (χ0n) is 13.2. The SMILES string of the molecule is COCCCNC(=O)CN1CCN(C(C)(C)CN)CC1. The Balaban J connectivity index is 2.20. The molecule has 1 fully saturated rings. The molecule has 0 atom stereocenters. The van der Waals surface area contributed by atoms with Crippen LogP contribution in [0, 0.1) is 0 Å². The molecule has 1 aliphatic heterocycles. The molecule has 1 aliphatic rings. The third-order valence-corrected chi connectivity index (χ3v) is 3.94. The molecule has 1 heterocycles. The highest BCUT2D eigenvalue weighted by Crippen LogP contribution is 2.15. The Kier molecular flexibility index (Phi) is 7.43. The van der Waals surface area contributed by atoms with Gasteiger partial charge in [-0.3, -0.25) is 14.6 Å². The quantitative estimate of drug-likeness (QED) is 0.588. The summed E-state index contributed by atoms with van der Waals surface area (Å²) in [5.74, 6) is 0.104. The van der Waals surface area contributed by atoms with Crippen LogP contribution >= 0.6 is 0 Å². The van der Waals surface area contributed by atoms with Gasteiger partial charge in [-0.05, 0) is 20.3 Å². The molecule has 6 nitrogen and oxygen atoms in total.